The highest BCUT2D eigenvalue weighted by molar-refractivity contribution is 7.00. The van der Waals surface area contributed by atoms with Crippen molar-refractivity contribution in [1.29, 1.82) is 10.5 Å². The molecule has 0 fully saturated rings. The van der Waals surface area contributed by atoms with E-state index in [1.165, 1.54) is 11.7 Å². The fourth-order valence-corrected chi connectivity index (χ4v) is 5.35. The van der Waals surface area contributed by atoms with Crippen LogP contribution in [0.15, 0.2) is 121 Å². The summed E-state index contributed by atoms with van der Waals surface area (Å²) in [6, 6.07) is 44.5. The van der Waals surface area contributed by atoms with E-state index < -0.39 is 0 Å². The minimum absolute atomic E-state index is 0.624. The second-order valence-corrected chi connectivity index (χ2v) is 9.97. The molecule has 0 aliphatic carbocycles. The maximum absolute atomic E-state index is 9.65. The van der Waals surface area contributed by atoms with Crippen LogP contribution >= 0.6 is 11.7 Å². The van der Waals surface area contributed by atoms with Crippen LogP contribution in [0.1, 0.15) is 22.3 Å². The van der Waals surface area contributed by atoms with Crippen LogP contribution in [0.3, 0.4) is 0 Å². The molecule has 0 spiro atoms. The van der Waals surface area contributed by atoms with Crippen LogP contribution < -0.4 is 0 Å². The number of benzene rings is 5. The van der Waals surface area contributed by atoms with E-state index >= 15 is 0 Å². The highest BCUT2D eigenvalue weighted by Crippen LogP contribution is 2.35. The lowest BCUT2D eigenvalue weighted by atomic mass is 9.96. The average molecular weight is 543 g/mol. The van der Waals surface area contributed by atoms with E-state index in [0.717, 1.165) is 55.5 Å². The molecule has 5 aromatic carbocycles. The van der Waals surface area contributed by atoms with E-state index in [1.54, 1.807) is 0 Å². The summed E-state index contributed by atoms with van der Waals surface area (Å²) in [7, 11) is 0. The van der Waals surface area contributed by atoms with Gasteiger partial charge in [-0.05, 0) is 45.5 Å². The van der Waals surface area contributed by atoms with Crippen LogP contribution in [0.2, 0.25) is 0 Å². The second kappa shape index (κ2) is 11.6. The molecule has 0 aliphatic rings. The highest BCUT2D eigenvalue weighted by atomic mass is 32.1. The first-order chi connectivity index (χ1) is 20.2. The summed E-state index contributed by atoms with van der Waals surface area (Å²) in [6.07, 6.45) is 3.81. The zero-order valence-electron chi connectivity index (χ0n) is 21.9. The lowest BCUT2D eigenvalue weighted by Crippen LogP contribution is -1.87. The lowest BCUT2D eigenvalue weighted by Gasteiger charge is -2.08. The number of allylic oxidation sites excluding steroid dienone is 2. The van der Waals surface area contributed by atoms with Gasteiger partial charge in [-0.1, -0.05) is 121 Å². The van der Waals surface area contributed by atoms with Crippen molar-refractivity contribution in [3.8, 4) is 34.4 Å². The van der Waals surface area contributed by atoms with E-state index in [2.05, 4.69) is 57.3 Å². The van der Waals surface area contributed by atoms with Gasteiger partial charge in [-0.15, -0.1) is 0 Å². The van der Waals surface area contributed by atoms with Crippen LogP contribution in [0.25, 0.3) is 56.6 Å². The van der Waals surface area contributed by atoms with Gasteiger partial charge in [-0.3, -0.25) is 0 Å². The molecule has 0 aliphatic heterocycles. The third-order valence-electron chi connectivity index (χ3n) is 6.89. The Morgan fingerprint density at radius 1 is 0.512 bits per heavy atom. The molecule has 0 radical (unpaired) electrons. The van der Waals surface area contributed by atoms with Gasteiger partial charge >= 0.3 is 0 Å². The molecule has 192 valence electrons. The van der Waals surface area contributed by atoms with Crippen LogP contribution in [-0.4, -0.2) is 8.75 Å². The van der Waals surface area contributed by atoms with Crippen molar-refractivity contribution in [3.05, 3.63) is 144 Å². The molecule has 6 aromatic rings. The fraction of sp³-hybridized carbons (Fsp3) is 0. The monoisotopic (exact) mass is 542 g/mol. The van der Waals surface area contributed by atoms with Gasteiger partial charge in [0.1, 0.15) is 11.0 Å². The number of hydrogen-bond donors (Lipinski definition) is 0. The Balaban J connectivity index is 1.29. The lowest BCUT2D eigenvalue weighted by molar-refractivity contribution is 1.52. The van der Waals surface area contributed by atoms with Crippen LogP contribution in [0.4, 0.5) is 0 Å². The highest BCUT2D eigenvalue weighted by Gasteiger charge is 2.14. The van der Waals surface area contributed by atoms with Gasteiger partial charge < -0.3 is 0 Å². The summed E-state index contributed by atoms with van der Waals surface area (Å²) in [5.41, 5.74) is 10.8. The van der Waals surface area contributed by atoms with Gasteiger partial charge in [0.05, 0.1) is 35.0 Å². The van der Waals surface area contributed by atoms with Gasteiger partial charge in [0.25, 0.3) is 0 Å². The molecule has 0 amide bonds. The zero-order chi connectivity index (χ0) is 28.0. The first-order valence-corrected chi connectivity index (χ1v) is 13.8. The topological polar surface area (TPSA) is 73.4 Å². The van der Waals surface area contributed by atoms with E-state index in [-0.39, 0.29) is 0 Å². The Labute approximate surface area is 242 Å². The summed E-state index contributed by atoms with van der Waals surface area (Å²) in [6.45, 7) is 0. The van der Waals surface area contributed by atoms with Crippen LogP contribution in [-0.2, 0) is 0 Å². The average Bonchev–Trinajstić information content (AvgIpc) is 3.54. The van der Waals surface area contributed by atoms with Crippen molar-refractivity contribution in [1.82, 2.24) is 8.75 Å². The molecular formula is C36H22N4S. The summed E-state index contributed by atoms with van der Waals surface area (Å²) in [4.78, 5) is 0. The molecule has 0 unspecified atom stereocenters. The zero-order valence-corrected chi connectivity index (χ0v) is 22.7. The van der Waals surface area contributed by atoms with Gasteiger partial charge in [-0.25, -0.2) is 0 Å². The van der Waals surface area contributed by atoms with Crippen molar-refractivity contribution in [2.45, 2.75) is 0 Å². The van der Waals surface area contributed by atoms with Crippen molar-refractivity contribution in [3.63, 3.8) is 0 Å². The van der Waals surface area contributed by atoms with Crippen LogP contribution in [0, 0.1) is 22.7 Å². The number of nitriles is 2. The minimum Gasteiger partial charge on any atom is -0.192 e. The smallest absolute Gasteiger partial charge is 0.113 e. The van der Waals surface area contributed by atoms with Gasteiger partial charge in [0, 0.05) is 11.1 Å². The molecule has 1 heterocycles. The molecule has 1 aromatic heterocycles. The van der Waals surface area contributed by atoms with E-state index in [9.17, 15) is 10.5 Å². The fourth-order valence-electron chi connectivity index (χ4n) is 4.78. The molecule has 6 rings (SSSR count). The Hall–Kier alpha value is -5.62. The number of aromatic nitrogens is 2. The predicted molar refractivity (Wildman–Crippen MR) is 168 cm³/mol. The van der Waals surface area contributed by atoms with Crippen molar-refractivity contribution in [2.24, 2.45) is 0 Å². The molecule has 0 N–H and O–H groups in total. The van der Waals surface area contributed by atoms with Crippen molar-refractivity contribution < 1.29 is 0 Å². The number of nitrogens with zero attached hydrogens (tertiary/aromatic N) is 4. The van der Waals surface area contributed by atoms with E-state index in [4.69, 9.17) is 0 Å². The Kier molecular flexibility index (Phi) is 7.28. The maximum atomic E-state index is 9.65. The van der Waals surface area contributed by atoms with Crippen molar-refractivity contribution in [2.75, 3.05) is 0 Å². The third-order valence-corrected chi connectivity index (χ3v) is 7.42. The van der Waals surface area contributed by atoms with Gasteiger partial charge in [0.15, 0.2) is 0 Å². The summed E-state index contributed by atoms with van der Waals surface area (Å²) >= 11 is 1.20. The number of hydrogen-bond acceptors (Lipinski definition) is 5. The molecule has 0 bridgehead atoms. The standard InChI is InChI=1S/C36H22N4S/c37-23-31(27-7-3-1-4-8-27)21-25-11-15-29(16-12-25)33-19-20-34(36-35(33)39-41-40-36)30-17-13-26(14-18-30)22-32(24-38)28-9-5-2-6-10-28/h1-22H/b31-21-,32-22+. The number of rotatable bonds is 6. The Bertz CT molecular complexity index is 1830. The van der Waals surface area contributed by atoms with Gasteiger partial charge in [-0.2, -0.15) is 19.3 Å². The van der Waals surface area contributed by atoms with E-state index in [1.807, 2.05) is 97.1 Å². The van der Waals surface area contributed by atoms with E-state index in [0.29, 0.717) is 11.1 Å². The molecular weight excluding hydrogens is 520 g/mol. The first kappa shape index (κ1) is 25.6. The summed E-state index contributed by atoms with van der Waals surface area (Å²) < 4.78 is 9.27. The molecule has 0 saturated heterocycles. The predicted octanol–water partition coefficient (Wildman–Crippen LogP) is 9.15. The Morgan fingerprint density at radius 3 is 1.27 bits per heavy atom. The van der Waals surface area contributed by atoms with Crippen molar-refractivity contribution >= 4 is 46.1 Å². The summed E-state index contributed by atoms with van der Waals surface area (Å²) in [5, 5.41) is 19.3. The molecule has 0 atom stereocenters. The van der Waals surface area contributed by atoms with Crippen LogP contribution in [0.5, 0.6) is 0 Å². The minimum atomic E-state index is 0.624. The molecule has 4 nitrogen and oxygen atoms in total. The SMILES string of the molecule is N#C/C(=C\c1ccc(-c2ccc(-c3ccc(/C=C(/C#N)c4ccccc4)cc3)c3nsnc23)cc1)c1ccccc1. The second-order valence-electron chi connectivity index (χ2n) is 9.44. The molecule has 0 saturated carbocycles. The number of fused-ring (bicyclic) bond motifs is 1. The maximum Gasteiger partial charge on any atom is 0.113 e. The summed E-state index contributed by atoms with van der Waals surface area (Å²) in [5.74, 6) is 0. The normalized spacial score (nSPS) is 11.7. The third kappa shape index (κ3) is 5.44. The van der Waals surface area contributed by atoms with Gasteiger partial charge in [0.2, 0.25) is 0 Å². The molecule has 5 heteroatoms. The first-order valence-electron chi connectivity index (χ1n) is 13.0. The Morgan fingerprint density at radius 2 is 0.902 bits per heavy atom. The quantitative estimate of drug-likeness (QED) is 0.155. The largest absolute Gasteiger partial charge is 0.192 e. The molecule has 41 heavy (non-hydrogen) atoms.